The number of anilines is 1. The molecule has 2 heterocycles. The van der Waals surface area contributed by atoms with Crippen molar-refractivity contribution in [3.05, 3.63) is 36.4 Å². The van der Waals surface area contributed by atoms with E-state index in [1.165, 1.54) is 0 Å². The summed E-state index contributed by atoms with van der Waals surface area (Å²) >= 11 is 0. The first-order valence-corrected chi connectivity index (χ1v) is 6.42. The third-order valence-corrected chi connectivity index (χ3v) is 2.80. The van der Waals surface area contributed by atoms with E-state index in [9.17, 15) is 4.79 Å². The Balaban J connectivity index is 1.92. The number of nitrogens with zero attached hydrogens (tertiary/aromatic N) is 3. The minimum Gasteiger partial charge on any atom is -0.397 e. The first-order valence-electron chi connectivity index (χ1n) is 6.42. The fourth-order valence-electron chi connectivity index (χ4n) is 1.96. The van der Waals surface area contributed by atoms with Crippen molar-refractivity contribution in [2.24, 2.45) is 0 Å². The van der Waals surface area contributed by atoms with Gasteiger partial charge in [-0.2, -0.15) is 5.10 Å². The molecule has 102 valence electrons. The predicted octanol–water partition coefficient (Wildman–Crippen LogP) is 1.11. The molecule has 0 aliphatic heterocycles. The average Bonchev–Trinajstić information content (AvgIpc) is 2.99. The minimum atomic E-state index is -0.0997. The zero-order valence-electron chi connectivity index (χ0n) is 11.0. The summed E-state index contributed by atoms with van der Waals surface area (Å²) in [5, 5.41) is 6.95. The summed E-state index contributed by atoms with van der Waals surface area (Å²) in [5.74, 6) is -0.0997. The molecule has 2 aromatic heterocycles. The van der Waals surface area contributed by atoms with Gasteiger partial charge in [-0.15, -0.1) is 0 Å². The third-order valence-electron chi connectivity index (χ3n) is 2.80. The monoisotopic (exact) mass is 261 g/mol. The normalized spacial score (nSPS) is 10.6. The summed E-state index contributed by atoms with van der Waals surface area (Å²) in [4.78, 5) is 12.1. The molecule has 6 nitrogen and oxygen atoms in total. The molecule has 1 amide bonds. The van der Waals surface area contributed by atoms with Crippen LogP contribution in [-0.2, 0) is 13.1 Å². The van der Waals surface area contributed by atoms with Gasteiger partial charge in [0.2, 0.25) is 0 Å². The van der Waals surface area contributed by atoms with Crippen molar-refractivity contribution in [2.75, 3.05) is 12.3 Å². The molecule has 0 aliphatic rings. The quantitative estimate of drug-likeness (QED) is 0.817. The van der Waals surface area contributed by atoms with E-state index in [1.807, 2.05) is 16.8 Å². The maximum atomic E-state index is 12.1. The van der Waals surface area contributed by atoms with E-state index >= 15 is 0 Å². The number of hydrogen-bond acceptors (Lipinski definition) is 3. The fraction of sp³-hybridized carbons (Fsp3) is 0.385. The van der Waals surface area contributed by atoms with Gasteiger partial charge in [0.05, 0.1) is 12.2 Å². The second kappa shape index (κ2) is 6.08. The van der Waals surface area contributed by atoms with Gasteiger partial charge in [-0.25, -0.2) is 0 Å². The van der Waals surface area contributed by atoms with Crippen molar-refractivity contribution in [3.8, 4) is 0 Å². The van der Waals surface area contributed by atoms with Crippen LogP contribution in [0.15, 0.2) is 30.7 Å². The highest BCUT2D eigenvalue weighted by Gasteiger charge is 2.11. The number of aryl methyl sites for hydroxylation is 1. The second-order valence-corrected chi connectivity index (χ2v) is 4.38. The lowest BCUT2D eigenvalue weighted by molar-refractivity contribution is 0.0942. The summed E-state index contributed by atoms with van der Waals surface area (Å²) < 4.78 is 3.66. The Labute approximate surface area is 112 Å². The molecule has 3 N–H and O–H groups in total. The molecule has 0 radical (unpaired) electrons. The molecule has 0 aromatic carbocycles. The van der Waals surface area contributed by atoms with E-state index in [2.05, 4.69) is 17.3 Å². The molecule has 0 saturated carbocycles. The van der Waals surface area contributed by atoms with E-state index in [1.54, 1.807) is 23.1 Å². The summed E-state index contributed by atoms with van der Waals surface area (Å²) in [7, 11) is 0. The van der Waals surface area contributed by atoms with Crippen LogP contribution >= 0.6 is 0 Å². The molecule has 19 heavy (non-hydrogen) atoms. The molecule has 2 aromatic rings. The molecular weight excluding hydrogens is 242 g/mol. The van der Waals surface area contributed by atoms with Crippen LogP contribution in [0.2, 0.25) is 0 Å². The maximum absolute atomic E-state index is 12.1. The summed E-state index contributed by atoms with van der Waals surface area (Å²) in [5.41, 5.74) is 6.97. The second-order valence-electron chi connectivity index (χ2n) is 4.38. The Hall–Kier alpha value is -2.24. The van der Waals surface area contributed by atoms with Crippen LogP contribution in [0.3, 0.4) is 0 Å². The standard InChI is InChI=1S/C13H19N5O/c1-2-6-17-10-11(14)9-12(17)13(19)15-5-8-18-7-3-4-16-18/h3-4,7,9-10H,2,5-6,8,14H2,1H3,(H,15,19). The van der Waals surface area contributed by atoms with Crippen LogP contribution in [-0.4, -0.2) is 26.8 Å². The van der Waals surface area contributed by atoms with Crippen molar-refractivity contribution < 1.29 is 4.79 Å². The zero-order chi connectivity index (χ0) is 13.7. The minimum absolute atomic E-state index is 0.0997. The van der Waals surface area contributed by atoms with Crippen LogP contribution in [0.1, 0.15) is 23.8 Å². The lowest BCUT2D eigenvalue weighted by Crippen LogP contribution is -2.29. The van der Waals surface area contributed by atoms with E-state index in [0.29, 0.717) is 24.5 Å². The molecule has 0 saturated heterocycles. The first kappa shape index (κ1) is 13.2. The van der Waals surface area contributed by atoms with Gasteiger partial charge in [0, 0.05) is 31.7 Å². The summed E-state index contributed by atoms with van der Waals surface area (Å²) in [6.07, 6.45) is 6.34. The van der Waals surface area contributed by atoms with Gasteiger partial charge in [-0.3, -0.25) is 9.48 Å². The zero-order valence-corrected chi connectivity index (χ0v) is 11.0. The summed E-state index contributed by atoms with van der Waals surface area (Å²) in [6, 6.07) is 3.56. The molecule has 6 heteroatoms. The Kier molecular flexibility index (Phi) is 4.22. The highest BCUT2D eigenvalue weighted by Crippen LogP contribution is 2.11. The van der Waals surface area contributed by atoms with Crippen molar-refractivity contribution in [1.82, 2.24) is 19.7 Å². The largest absolute Gasteiger partial charge is 0.397 e. The van der Waals surface area contributed by atoms with Crippen molar-refractivity contribution >= 4 is 11.6 Å². The highest BCUT2D eigenvalue weighted by molar-refractivity contribution is 5.93. The number of nitrogens with two attached hydrogens (primary N) is 1. The van der Waals surface area contributed by atoms with Gasteiger partial charge in [-0.1, -0.05) is 6.92 Å². The fourth-order valence-corrected chi connectivity index (χ4v) is 1.96. The maximum Gasteiger partial charge on any atom is 0.268 e. The lowest BCUT2D eigenvalue weighted by atomic mass is 10.3. The Morgan fingerprint density at radius 2 is 2.32 bits per heavy atom. The summed E-state index contributed by atoms with van der Waals surface area (Å²) in [6.45, 7) is 4.05. The van der Waals surface area contributed by atoms with Gasteiger partial charge in [0.25, 0.3) is 5.91 Å². The van der Waals surface area contributed by atoms with Crippen LogP contribution in [0.25, 0.3) is 0 Å². The topological polar surface area (TPSA) is 77.9 Å². The number of rotatable bonds is 6. The number of aromatic nitrogens is 3. The average molecular weight is 261 g/mol. The van der Waals surface area contributed by atoms with Gasteiger partial charge >= 0.3 is 0 Å². The van der Waals surface area contributed by atoms with Gasteiger partial charge in [0.1, 0.15) is 5.69 Å². The van der Waals surface area contributed by atoms with E-state index < -0.39 is 0 Å². The van der Waals surface area contributed by atoms with Crippen LogP contribution in [0, 0.1) is 0 Å². The van der Waals surface area contributed by atoms with E-state index in [0.717, 1.165) is 13.0 Å². The highest BCUT2D eigenvalue weighted by atomic mass is 16.1. The van der Waals surface area contributed by atoms with Crippen molar-refractivity contribution in [3.63, 3.8) is 0 Å². The van der Waals surface area contributed by atoms with E-state index in [4.69, 9.17) is 5.73 Å². The van der Waals surface area contributed by atoms with Gasteiger partial charge < -0.3 is 15.6 Å². The molecule has 0 unspecified atom stereocenters. The van der Waals surface area contributed by atoms with Gasteiger partial charge in [-0.05, 0) is 18.6 Å². The van der Waals surface area contributed by atoms with Crippen LogP contribution < -0.4 is 11.1 Å². The number of nitrogens with one attached hydrogen (secondary N) is 1. The van der Waals surface area contributed by atoms with Crippen molar-refractivity contribution in [2.45, 2.75) is 26.4 Å². The van der Waals surface area contributed by atoms with Crippen LogP contribution in [0.4, 0.5) is 5.69 Å². The van der Waals surface area contributed by atoms with E-state index in [-0.39, 0.29) is 5.91 Å². The first-order chi connectivity index (χ1) is 9.20. The molecular formula is C13H19N5O. The third kappa shape index (κ3) is 3.37. The molecule has 0 bridgehead atoms. The molecule has 0 aliphatic carbocycles. The smallest absolute Gasteiger partial charge is 0.268 e. The molecule has 0 fully saturated rings. The van der Waals surface area contributed by atoms with Crippen molar-refractivity contribution in [1.29, 1.82) is 0 Å². The molecule has 0 spiro atoms. The Morgan fingerprint density at radius 3 is 3.00 bits per heavy atom. The van der Waals surface area contributed by atoms with Crippen LogP contribution in [0.5, 0.6) is 0 Å². The SMILES string of the molecule is CCCn1cc(N)cc1C(=O)NCCn1cccn1. The lowest BCUT2D eigenvalue weighted by Gasteiger charge is -2.08. The van der Waals surface area contributed by atoms with Gasteiger partial charge in [0.15, 0.2) is 0 Å². The number of amides is 1. The number of hydrogen-bond donors (Lipinski definition) is 2. The Morgan fingerprint density at radius 1 is 1.47 bits per heavy atom. The molecule has 2 rings (SSSR count). The Bertz CT molecular complexity index is 529. The number of carbonyl (C=O) groups is 1. The molecule has 0 atom stereocenters. The number of carbonyl (C=O) groups excluding carboxylic acids is 1. The number of nitrogen functional groups attached to an aromatic ring is 1. The predicted molar refractivity (Wildman–Crippen MR) is 73.7 cm³/mol.